The third kappa shape index (κ3) is 2.56. The summed E-state index contributed by atoms with van der Waals surface area (Å²) in [6.45, 7) is 1.75. The molecule has 2 N–H and O–H groups in total. The Morgan fingerprint density at radius 1 is 1.80 bits per heavy atom. The Labute approximate surface area is 88.8 Å². The normalized spacial score (nSPS) is 20.5. The molecule has 1 aromatic rings. The van der Waals surface area contributed by atoms with Crippen LogP contribution in [0.4, 0.5) is 0 Å². The maximum Gasteiger partial charge on any atom is 0.271 e. The van der Waals surface area contributed by atoms with Crippen LogP contribution in [0.25, 0.3) is 0 Å². The summed E-state index contributed by atoms with van der Waals surface area (Å²) in [5.41, 5.74) is 0.482. The molecule has 1 atom stereocenters. The molecule has 0 aromatic carbocycles. The van der Waals surface area contributed by atoms with E-state index in [9.17, 15) is 4.79 Å². The lowest BCUT2D eigenvalue weighted by atomic mass is 10.2. The number of aryl methyl sites for hydroxylation is 1. The van der Waals surface area contributed by atoms with Gasteiger partial charge in [-0.3, -0.25) is 9.48 Å². The molecule has 1 amide bonds. The number of hydrogen-bond acceptors (Lipinski definition) is 3. The number of nitrogens with zero attached hydrogens (tertiary/aromatic N) is 2. The Morgan fingerprint density at radius 3 is 3.27 bits per heavy atom. The first-order chi connectivity index (χ1) is 7.25. The van der Waals surface area contributed by atoms with Gasteiger partial charge in [0.2, 0.25) is 0 Å². The van der Waals surface area contributed by atoms with E-state index in [-0.39, 0.29) is 5.91 Å². The minimum absolute atomic E-state index is 0.0932. The van der Waals surface area contributed by atoms with E-state index in [0.29, 0.717) is 18.3 Å². The van der Waals surface area contributed by atoms with Crippen LogP contribution < -0.4 is 10.6 Å². The fourth-order valence-corrected chi connectivity index (χ4v) is 1.77. The highest BCUT2D eigenvalue weighted by Gasteiger charge is 2.15. The highest BCUT2D eigenvalue weighted by Crippen LogP contribution is 2.03. The molecule has 0 radical (unpaired) electrons. The maximum absolute atomic E-state index is 11.6. The summed E-state index contributed by atoms with van der Waals surface area (Å²) in [6, 6.07) is 2.15. The molecule has 1 saturated heterocycles. The van der Waals surface area contributed by atoms with Crippen LogP contribution in [-0.2, 0) is 7.05 Å². The fraction of sp³-hybridized carbons (Fsp3) is 0.600. The number of hydrogen-bond donors (Lipinski definition) is 2. The molecule has 0 spiro atoms. The van der Waals surface area contributed by atoms with E-state index >= 15 is 0 Å². The van der Waals surface area contributed by atoms with Crippen molar-refractivity contribution in [2.24, 2.45) is 7.05 Å². The molecule has 1 aromatic heterocycles. The topological polar surface area (TPSA) is 59.0 Å². The van der Waals surface area contributed by atoms with Crippen molar-refractivity contribution >= 4 is 5.91 Å². The number of carbonyl (C=O) groups is 1. The van der Waals surface area contributed by atoms with Crippen LogP contribution in [-0.4, -0.2) is 34.8 Å². The maximum atomic E-state index is 11.6. The van der Waals surface area contributed by atoms with Crippen molar-refractivity contribution < 1.29 is 4.79 Å². The molecule has 0 aliphatic carbocycles. The summed E-state index contributed by atoms with van der Waals surface area (Å²) in [5.74, 6) is -0.0932. The van der Waals surface area contributed by atoms with Crippen molar-refractivity contribution in [1.82, 2.24) is 20.4 Å². The van der Waals surface area contributed by atoms with Crippen LogP contribution in [0, 0.1) is 0 Å². The predicted octanol–water partition coefficient (Wildman–Crippen LogP) is -0.0981. The molecular weight excluding hydrogens is 192 g/mol. The lowest BCUT2D eigenvalue weighted by molar-refractivity contribution is 0.0944. The van der Waals surface area contributed by atoms with Gasteiger partial charge in [0.1, 0.15) is 5.69 Å². The molecule has 1 unspecified atom stereocenters. The quantitative estimate of drug-likeness (QED) is 0.729. The summed E-state index contributed by atoms with van der Waals surface area (Å²) in [7, 11) is 1.80. The van der Waals surface area contributed by atoms with Gasteiger partial charge in [-0.1, -0.05) is 0 Å². The molecule has 0 saturated carbocycles. The van der Waals surface area contributed by atoms with Crippen LogP contribution in [0.5, 0.6) is 0 Å². The number of aromatic nitrogens is 2. The first-order valence-electron chi connectivity index (χ1n) is 5.27. The summed E-state index contributed by atoms with van der Waals surface area (Å²) in [5, 5.41) is 10.2. The number of amides is 1. The smallest absolute Gasteiger partial charge is 0.271 e. The Hall–Kier alpha value is -1.36. The lowest BCUT2D eigenvalue weighted by Crippen LogP contribution is -2.37. The minimum Gasteiger partial charge on any atom is -0.349 e. The number of nitrogens with one attached hydrogen (secondary N) is 2. The van der Waals surface area contributed by atoms with Gasteiger partial charge < -0.3 is 10.6 Å². The molecule has 2 rings (SSSR count). The van der Waals surface area contributed by atoms with Gasteiger partial charge >= 0.3 is 0 Å². The van der Waals surface area contributed by atoms with E-state index < -0.39 is 0 Å². The second-order valence-corrected chi connectivity index (χ2v) is 3.88. The van der Waals surface area contributed by atoms with Crippen molar-refractivity contribution in [3.8, 4) is 0 Å². The lowest BCUT2D eigenvalue weighted by Gasteiger charge is -2.10. The van der Waals surface area contributed by atoms with Gasteiger partial charge in [0.25, 0.3) is 5.91 Å². The van der Waals surface area contributed by atoms with Gasteiger partial charge in [-0.05, 0) is 25.5 Å². The first-order valence-corrected chi connectivity index (χ1v) is 5.27. The molecule has 5 nitrogen and oxygen atoms in total. The van der Waals surface area contributed by atoms with Gasteiger partial charge in [0.05, 0.1) is 0 Å². The monoisotopic (exact) mass is 208 g/mol. The van der Waals surface area contributed by atoms with Crippen molar-refractivity contribution in [2.75, 3.05) is 13.1 Å². The van der Waals surface area contributed by atoms with Crippen molar-refractivity contribution in [3.05, 3.63) is 18.0 Å². The molecule has 1 fully saturated rings. The SMILES string of the molecule is Cn1ccc(C(=O)NCC2CCCN2)n1. The molecule has 15 heavy (non-hydrogen) atoms. The van der Waals surface area contributed by atoms with Crippen LogP contribution in [0.2, 0.25) is 0 Å². The Balaban J connectivity index is 1.81. The van der Waals surface area contributed by atoms with Gasteiger partial charge in [0, 0.05) is 25.8 Å². The van der Waals surface area contributed by atoms with Crippen molar-refractivity contribution in [2.45, 2.75) is 18.9 Å². The average molecular weight is 208 g/mol. The number of rotatable bonds is 3. The summed E-state index contributed by atoms with van der Waals surface area (Å²) >= 11 is 0. The summed E-state index contributed by atoms with van der Waals surface area (Å²) in [4.78, 5) is 11.6. The highest BCUT2D eigenvalue weighted by atomic mass is 16.1. The van der Waals surface area contributed by atoms with E-state index in [0.717, 1.165) is 13.0 Å². The van der Waals surface area contributed by atoms with E-state index in [1.165, 1.54) is 6.42 Å². The Bertz CT molecular complexity index is 341. The van der Waals surface area contributed by atoms with E-state index in [4.69, 9.17) is 0 Å². The number of carbonyl (C=O) groups excluding carboxylic acids is 1. The predicted molar refractivity (Wildman–Crippen MR) is 56.6 cm³/mol. The minimum atomic E-state index is -0.0932. The fourth-order valence-electron chi connectivity index (χ4n) is 1.77. The molecule has 1 aliphatic rings. The standard InChI is InChI=1S/C10H16N4O/c1-14-6-4-9(13-14)10(15)12-7-8-3-2-5-11-8/h4,6,8,11H,2-3,5,7H2,1H3,(H,12,15). The van der Waals surface area contributed by atoms with Gasteiger partial charge in [-0.25, -0.2) is 0 Å². The van der Waals surface area contributed by atoms with Crippen LogP contribution in [0.1, 0.15) is 23.3 Å². The highest BCUT2D eigenvalue weighted by molar-refractivity contribution is 5.92. The molecule has 5 heteroatoms. The van der Waals surface area contributed by atoms with Crippen molar-refractivity contribution in [3.63, 3.8) is 0 Å². The zero-order valence-electron chi connectivity index (χ0n) is 8.86. The van der Waals surface area contributed by atoms with Gasteiger partial charge in [0.15, 0.2) is 0 Å². The Morgan fingerprint density at radius 2 is 2.67 bits per heavy atom. The second-order valence-electron chi connectivity index (χ2n) is 3.88. The van der Waals surface area contributed by atoms with Crippen molar-refractivity contribution in [1.29, 1.82) is 0 Å². The van der Waals surface area contributed by atoms with E-state index in [1.54, 1.807) is 24.0 Å². The largest absolute Gasteiger partial charge is 0.349 e. The van der Waals surface area contributed by atoms with Crippen LogP contribution in [0.3, 0.4) is 0 Å². The van der Waals surface area contributed by atoms with Gasteiger partial charge in [-0.15, -0.1) is 0 Å². The molecule has 82 valence electrons. The molecular formula is C10H16N4O. The van der Waals surface area contributed by atoms with E-state index in [1.807, 2.05) is 0 Å². The third-order valence-electron chi connectivity index (χ3n) is 2.62. The van der Waals surface area contributed by atoms with Crippen LogP contribution in [0.15, 0.2) is 12.3 Å². The second kappa shape index (κ2) is 4.44. The summed E-state index contributed by atoms with van der Waals surface area (Å²) < 4.78 is 1.63. The zero-order valence-corrected chi connectivity index (χ0v) is 8.86. The average Bonchev–Trinajstić information content (AvgIpc) is 2.84. The van der Waals surface area contributed by atoms with Gasteiger partial charge in [-0.2, -0.15) is 5.10 Å². The third-order valence-corrected chi connectivity index (χ3v) is 2.62. The summed E-state index contributed by atoms with van der Waals surface area (Å²) in [6.07, 6.45) is 4.11. The molecule has 1 aliphatic heterocycles. The molecule has 2 heterocycles. The zero-order chi connectivity index (χ0) is 10.7. The van der Waals surface area contributed by atoms with Crippen LogP contribution >= 0.6 is 0 Å². The first kappa shape index (κ1) is 10.2. The Kier molecular flexibility index (Phi) is 3.01. The van der Waals surface area contributed by atoms with E-state index in [2.05, 4.69) is 15.7 Å². The molecule has 0 bridgehead atoms.